The van der Waals surface area contributed by atoms with Gasteiger partial charge in [0.1, 0.15) is 5.75 Å². The topological polar surface area (TPSA) is 118 Å². The number of rotatable bonds is 10. The fraction of sp³-hybridized carbons (Fsp3) is 0.0968. The van der Waals surface area contributed by atoms with Gasteiger partial charge < -0.3 is 20.5 Å². The summed E-state index contributed by atoms with van der Waals surface area (Å²) in [5.74, 6) is -0.773. The smallest absolute Gasteiger partial charge is 0.336 e. The predicted octanol–water partition coefficient (Wildman–Crippen LogP) is 7.04. The van der Waals surface area contributed by atoms with Gasteiger partial charge in [-0.25, -0.2) is 9.78 Å². The van der Waals surface area contributed by atoms with Crippen molar-refractivity contribution in [3.63, 3.8) is 0 Å². The van der Waals surface area contributed by atoms with Gasteiger partial charge in [-0.3, -0.25) is 9.59 Å². The van der Waals surface area contributed by atoms with E-state index in [-0.39, 0.29) is 22.8 Å². The van der Waals surface area contributed by atoms with Gasteiger partial charge in [-0.05, 0) is 66.9 Å². The number of nitrogens with zero attached hydrogens (tertiary/aromatic N) is 1. The Labute approximate surface area is 244 Å². The van der Waals surface area contributed by atoms with Crippen LogP contribution in [0.3, 0.4) is 0 Å². The van der Waals surface area contributed by atoms with Gasteiger partial charge in [-0.15, -0.1) is 23.1 Å². The van der Waals surface area contributed by atoms with E-state index in [0.29, 0.717) is 28.2 Å². The minimum atomic E-state index is -1.10. The van der Waals surface area contributed by atoms with Crippen LogP contribution in [0.15, 0.2) is 95.2 Å². The SMILES string of the molecule is CCOc1ccc(-c2csc(NC(=O)CSc3cccc(NC(=O)c4cccc5cccc(C(=O)O)c45)c3)n2)cc1. The lowest BCUT2D eigenvalue weighted by Gasteiger charge is -2.11. The Balaban J connectivity index is 1.20. The quantitative estimate of drug-likeness (QED) is 0.151. The molecule has 0 saturated carbocycles. The van der Waals surface area contributed by atoms with Crippen LogP contribution < -0.4 is 15.4 Å². The average Bonchev–Trinajstić information content (AvgIpc) is 3.44. The number of carbonyl (C=O) groups is 3. The maximum Gasteiger partial charge on any atom is 0.336 e. The summed E-state index contributed by atoms with van der Waals surface area (Å²) in [6, 6.07) is 24.8. The highest BCUT2D eigenvalue weighted by atomic mass is 32.2. The van der Waals surface area contributed by atoms with E-state index in [1.54, 1.807) is 48.5 Å². The Morgan fingerprint density at radius 3 is 2.39 bits per heavy atom. The zero-order chi connectivity index (χ0) is 28.8. The van der Waals surface area contributed by atoms with Gasteiger partial charge in [0.05, 0.1) is 23.6 Å². The number of hydrogen-bond donors (Lipinski definition) is 3. The van der Waals surface area contributed by atoms with Crippen molar-refractivity contribution in [2.75, 3.05) is 23.0 Å². The van der Waals surface area contributed by atoms with E-state index in [4.69, 9.17) is 4.74 Å². The number of ether oxygens (including phenoxy) is 1. The Morgan fingerprint density at radius 2 is 1.66 bits per heavy atom. The second-order valence-electron chi connectivity index (χ2n) is 8.83. The molecule has 3 N–H and O–H groups in total. The molecule has 0 aliphatic heterocycles. The van der Waals surface area contributed by atoms with Crippen molar-refractivity contribution in [3.8, 4) is 17.0 Å². The molecule has 1 heterocycles. The highest BCUT2D eigenvalue weighted by Crippen LogP contribution is 2.28. The van der Waals surface area contributed by atoms with Crippen molar-refractivity contribution in [1.82, 2.24) is 4.98 Å². The van der Waals surface area contributed by atoms with Gasteiger partial charge >= 0.3 is 5.97 Å². The van der Waals surface area contributed by atoms with Crippen LogP contribution in [0.4, 0.5) is 10.8 Å². The first kappa shape index (κ1) is 27.9. The Kier molecular flexibility index (Phi) is 8.61. The number of fused-ring (bicyclic) bond motifs is 1. The molecule has 0 atom stereocenters. The molecule has 0 aliphatic rings. The molecule has 10 heteroatoms. The third-order valence-corrected chi connectivity index (χ3v) is 7.80. The van der Waals surface area contributed by atoms with Crippen molar-refractivity contribution in [2.45, 2.75) is 11.8 Å². The van der Waals surface area contributed by atoms with Crippen LogP contribution in [0, 0.1) is 0 Å². The number of thiazole rings is 1. The zero-order valence-corrected chi connectivity index (χ0v) is 23.6. The van der Waals surface area contributed by atoms with Gasteiger partial charge in [0.2, 0.25) is 5.91 Å². The molecule has 2 amide bonds. The van der Waals surface area contributed by atoms with Crippen LogP contribution in [0.1, 0.15) is 27.6 Å². The molecule has 0 saturated heterocycles. The summed E-state index contributed by atoms with van der Waals surface area (Å²) in [6.45, 7) is 2.53. The summed E-state index contributed by atoms with van der Waals surface area (Å²) in [5.41, 5.74) is 2.57. The number of thioether (sulfide) groups is 1. The highest BCUT2D eigenvalue weighted by Gasteiger charge is 2.17. The normalized spacial score (nSPS) is 10.8. The van der Waals surface area contributed by atoms with E-state index in [2.05, 4.69) is 15.6 Å². The number of aromatic nitrogens is 1. The van der Waals surface area contributed by atoms with Gasteiger partial charge in [0.25, 0.3) is 5.91 Å². The fourth-order valence-corrected chi connectivity index (χ4v) is 5.72. The lowest BCUT2D eigenvalue weighted by atomic mass is 9.98. The van der Waals surface area contributed by atoms with Crippen molar-refractivity contribution in [2.24, 2.45) is 0 Å². The summed E-state index contributed by atoms with van der Waals surface area (Å²) in [7, 11) is 0. The van der Waals surface area contributed by atoms with Gasteiger partial charge in [-0.1, -0.05) is 30.3 Å². The van der Waals surface area contributed by atoms with Gasteiger partial charge in [0.15, 0.2) is 5.13 Å². The monoisotopic (exact) mass is 583 g/mol. The maximum atomic E-state index is 13.1. The molecule has 8 nitrogen and oxygen atoms in total. The Morgan fingerprint density at radius 1 is 0.927 bits per heavy atom. The lowest BCUT2D eigenvalue weighted by molar-refractivity contribution is -0.113. The third-order valence-electron chi connectivity index (χ3n) is 6.05. The molecule has 0 spiro atoms. The highest BCUT2D eigenvalue weighted by molar-refractivity contribution is 8.00. The number of carboxylic acids is 1. The molecule has 1 aromatic heterocycles. The van der Waals surface area contributed by atoms with E-state index in [1.165, 1.54) is 29.2 Å². The van der Waals surface area contributed by atoms with Gasteiger partial charge in [0, 0.05) is 32.5 Å². The molecule has 0 radical (unpaired) electrons. The lowest BCUT2D eigenvalue weighted by Crippen LogP contribution is -2.14. The summed E-state index contributed by atoms with van der Waals surface area (Å²) in [6.07, 6.45) is 0. The zero-order valence-electron chi connectivity index (χ0n) is 21.9. The average molecular weight is 584 g/mol. The van der Waals surface area contributed by atoms with Crippen LogP contribution in [0.2, 0.25) is 0 Å². The van der Waals surface area contributed by atoms with Crippen LogP contribution in [0.5, 0.6) is 5.75 Å². The van der Waals surface area contributed by atoms with Crippen LogP contribution in [0.25, 0.3) is 22.0 Å². The van der Waals surface area contributed by atoms with Crippen LogP contribution in [-0.4, -0.2) is 40.2 Å². The van der Waals surface area contributed by atoms with Gasteiger partial charge in [-0.2, -0.15) is 0 Å². The molecule has 206 valence electrons. The van der Waals surface area contributed by atoms with Crippen molar-refractivity contribution >= 4 is 62.5 Å². The number of amides is 2. The molecular weight excluding hydrogens is 558 g/mol. The number of anilines is 2. The first-order valence-electron chi connectivity index (χ1n) is 12.7. The predicted molar refractivity (Wildman–Crippen MR) is 163 cm³/mol. The number of aromatic carboxylic acids is 1. The summed E-state index contributed by atoms with van der Waals surface area (Å²) >= 11 is 2.68. The van der Waals surface area contributed by atoms with E-state index in [9.17, 15) is 19.5 Å². The molecule has 0 unspecified atom stereocenters. The third kappa shape index (κ3) is 6.74. The standard InChI is InChI=1S/C31H25N3O5S2/c1-2-39-22-14-12-19(13-15-22)26-17-41-31(33-26)34-27(35)18-40-23-9-5-8-21(16-23)32-29(36)24-10-3-6-20-7-4-11-25(28(20)24)30(37)38/h3-17H,2,18H2,1H3,(H,32,36)(H,37,38)(H,33,34,35). The summed E-state index contributed by atoms with van der Waals surface area (Å²) < 4.78 is 5.47. The minimum absolute atomic E-state index is 0.0652. The van der Waals surface area contributed by atoms with Crippen LogP contribution in [-0.2, 0) is 4.79 Å². The molecule has 41 heavy (non-hydrogen) atoms. The number of hydrogen-bond acceptors (Lipinski definition) is 7. The van der Waals surface area contributed by atoms with Crippen LogP contribution >= 0.6 is 23.1 Å². The van der Waals surface area contributed by atoms with E-state index >= 15 is 0 Å². The first-order valence-corrected chi connectivity index (χ1v) is 14.6. The Hall–Kier alpha value is -4.67. The molecule has 4 aromatic carbocycles. The van der Waals surface area contributed by atoms with E-state index < -0.39 is 11.9 Å². The second kappa shape index (κ2) is 12.7. The van der Waals surface area contributed by atoms with Crippen molar-refractivity contribution in [1.29, 1.82) is 0 Å². The number of benzene rings is 4. The summed E-state index contributed by atoms with van der Waals surface area (Å²) in [4.78, 5) is 42.8. The molecule has 0 fully saturated rings. The Bertz CT molecular complexity index is 1730. The largest absolute Gasteiger partial charge is 0.494 e. The summed E-state index contributed by atoms with van der Waals surface area (Å²) in [5, 5.41) is 18.8. The number of carbonyl (C=O) groups excluding carboxylic acids is 2. The minimum Gasteiger partial charge on any atom is -0.494 e. The molecule has 5 rings (SSSR count). The number of carboxylic acid groups (broad SMARTS) is 1. The second-order valence-corrected chi connectivity index (χ2v) is 10.7. The molecule has 0 bridgehead atoms. The van der Waals surface area contributed by atoms with Crippen molar-refractivity contribution < 1.29 is 24.2 Å². The first-order chi connectivity index (χ1) is 19.9. The number of nitrogens with one attached hydrogen (secondary N) is 2. The van der Waals surface area contributed by atoms with Crippen molar-refractivity contribution in [3.05, 3.63) is 101 Å². The maximum absolute atomic E-state index is 13.1. The molecule has 5 aromatic rings. The van der Waals surface area contributed by atoms with E-state index in [0.717, 1.165) is 21.9 Å². The molecule has 0 aliphatic carbocycles. The van der Waals surface area contributed by atoms with E-state index in [1.807, 2.05) is 42.6 Å². The fourth-order valence-electron chi connectivity index (χ4n) is 4.23. The molecular formula is C31H25N3O5S2.